The summed E-state index contributed by atoms with van der Waals surface area (Å²) >= 11 is 0. The Kier molecular flexibility index (Phi) is 7.85. The van der Waals surface area contributed by atoms with Crippen molar-refractivity contribution in [1.82, 2.24) is 0 Å². The Labute approximate surface area is 82.6 Å². The zero-order valence-corrected chi connectivity index (χ0v) is 9.19. The molecular weight excluding hydrogens is 184 g/mol. The molecule has 0 saturated heterocycles. The third kappa shape index (κ3) is 9.44. The predicted molar refractivity (Wildman–Crippen MR) is 57.0 cm³/mol. The topological polar surface area (TPSA) is 53.3 Å². The van der Waals surface area contributed by atoms with Gasteiger partial charge in [-0.2, -0.15) is 0 Å². The van der Waals surface area contributed by atoms with Gasteiger partial charge in [0.25, 0.3) is 0 Å². The van der Waals surface area contributed by atoms with E-state index in [1.165, 1.54) is 32.1 Å². The van der Waals surface area contributed by atoms with E-state index in [9.17, 15) is 4.21 Å². The summed E-state index contributed by atoms with van der Waals surface area (Å²) in [5, 5.41) is 6.62. The minimum absolute atomic E-state index is 0.427. The molecule has 0 radical (unpaired) electrons. The van der Waals surface area contributed by atoms with Crippen molar-refractivity contribution in [3.05, 3.63) is 0 Å². The minimum Gasteiger partial charge on any atom is -0.260 e. The van der Waals surface area contributed by atoms with Crippen LogP contribution in [0.25, 0.3) is 0 Å². The van der Waals surface area contributed by atoms with Gasteiger partial charge in [-0.25, -0.2) is 10.4 Å². The quantitative estimate of drug-likeness (QED) is 0.650. The molecular formula is C9H18N2OS. The minimum atomic E-state index is -0.611. The van der Waals surface area contributed by atoms with E-state index in [4.69, 9.17) is 5.41 Å². The Morgan fingerprint density at radius 1 is 1.31 bits per heavy atom. The molecule has 0 bridgehead atoms. The van der Waals surface area contributed by atoms with Crippen LogP contribution in [0.4, 0.5) is 0 Å². The van der Waals surface area contributed by atoms with E-state index in [-0.39, 0.29) is 0 Å². The molecule has 0 unspecified atom stereocenters. The van der Waals surface area contributed by atoms with Crippen LogP contribution in [0.3, 0.4) is 0 Å². The van der Waals surface area contributed by atoms with Crippen molar-refractivity contribution < 1.29 is 4.21 Å². The van der Waals surface area contributed by atoms with Gasteiger partial charge in [-0.05, 0) is 12.8 Å². The largest absolute Gasteiger partial charge is 0.260 e. The van der Waals surface area contributed by atoms with Gasteiger partial charge in [-0.15, -0.1) is 0 Å². The van der Waals surface area contributed by atoms with E-state index in [2.05, 4.69) is 11.0 Å². The fourth-order valence-corrected chi connectivity index (χ4v) is 1.30. The van der Waals surface area contributed by atoms with Crippen LogP contribution in [0.5, 0.6) is 0 Å². The van der Waals surface area contributed by atoms with Crippen LogP contribution >= 0.6 is 0 Å². The molecule has 4 heteroatoms. The molecule has 1 rings (SSSR count). The van der Waals surface area contributed by atoms with Gasteiger partial charge in [0.1, 0.15) is 0 Å². The molecule has 0 amide bonds. The van der Waals surface area contributed by atoms with Crippen LogP contribution in [0.2, 0.25) is 0 Å². The van der Waals surface area contributed by atoms with Gasteiger partial charge in [0.15, 0.2) is 0 Å². The SMILES string of the molecule is CS(C)=O.N=C=NC1CCCCC1. The highest BCUT2D eigenvalue weighted by atomic mass is 32.2. The van der Waals surface area contributed by atoms with Crippen molar-refractivity contribution in [2.45, 2.75) is 38.1 Å². The third-order valence-electron chi connectivity index (χ3n) is 1.82. The lowest BCUT2D eigenvalue weighted by molar-refractivity contribution is 0.444. The molecule has 0 aromatic rings. The molecule has 1 N–H and O–H groups in total. The molecule has 1 aliphatic rings. The van der Waals surface area contributed by atoms with Crippen molar-refractivity contribution in [2.24, 2.45) is 4.99 Å². The van der Waals surface area contributed by atoms with Gasteiger partial charge in [-0.1, -0.05) is 19.3 Å². The molecule has 0 heterocycles. The molecule has 0 aromatic carbocycles. The average molecular weight is 202 g/mol. The Bertz CT molecular complexity index is 190. The number of aliphatic imine (C=N–C) groups is 1. The maximum atomic E-state index is 9.56. The van der Waals surface area contributed by atoms with Crippen molar-refractivity contribution in [3.8, 4) is 0 Å². The third-order valence-corrected chi connectivity index (χ3v) is 1.82. The first-order valence-corrected chi connectivity index (χ1v) is 6.50. The van der Waals surface area contributed by atoms with Crippen molar-refractivity contribution in [2.75, 3.05) is 12.5 Å². The monoisotopic (exact) mass is 202 g/mol. The second kappa shape index (κ2) is 8.14. The summed E-state index contributed by atoms with van der Waals surface area (Å²) in [6.07, 6.45) is 9.55. The van der Waals surface area contributed by atoms with Gasteiger partial charge in [0.2, 0.25) is 0 Å². The lowest BCUT2D eigenvalue weighted by Gasteiger charge is -2.15. The fraction of sp³-hybridized carbons (Fsp3) is 0.889. The summed E-state index contributed by atoms with van der Waals surface area (Å²) in [4.78, 5) is 3.90. The summed E-state index contributed by atoms with van der Waals surface area (Å²) in [6, 6.07) is 2.54. The maximum absolute atomic E-state index is 9.56. The molecule has 1 fully saturated rings. The Morgan fingerprint density at radius 3 is 2.15 bits per heavy atom. The number of hydrogen-bond donors (Lipinski definition) is 1. The molecule has 76 valence electrons. The van der Waals surface area contributed by atoms with Crippen LogP contribution in [0.1, 0.15) is 32.1 Å². The first kappa shape index (κ1) is 12.5. The van der Waals surface area contributed by atoms with Crippen LogP contribution in [-0.4, -0.2) is 28.8 Å². The Morgan fingerprint density at radius 2 is 1.77 bits per heavy atom. The van der Waals surface area contributed by atoms with Crippen LogP contribution < -0.4 is 0 Å². The highest BCUT2D eigenvalue weighted by molar-refractivity contribution is 7.83. The lowest BCUT2D eigenvalue weighted by atomic mass is 9.96. The van der Waals surface area contributed by atoms with E-state index >= 15 is 0 Å². The zero-order valence-electron chi connectivity index (χ0n) is 8.38. The molecule has 0 spiro atoms. The van der Waals surface area contributed by atoms with Gasteiger partial charge < -0.3 is 0 Å². The van der Waals surface area contributed by atoms with Crippen molar-refractivity contribution in [1.29, 1.82) is 5.41 Å². The van der Waals surface area contributed by atoms with Crippen molar-refractivity contribution in [3.63, 3.8) is 0 Å². The molecule has 13 heavy (non-hydrogen) atoms. The van der Waals surface area contributed by atoms with Gasteiger partial charge in [-0.3, -0.25) is 4.21 Å². The molecule has 0 aliphatic heterocycles. The average Bonchev–Trinajstić information content (AvgIpc) is 2.06. The summed E-state index contributed by atoms with van der Waals surface area (Å²) in [5.41, 5.74) is 0. The van der Waals surface area contributed by atoms with Gasteiger partial charge in [0, 0.05) is 23.3 Å². The first-order chi connectivity index (χ1) is 6.16. The molecule has 1 aliphatic carbocycles. The molecule has 0 atom stereocenters. The summed E-state index contributed by atoms with van der Waals surface area (Å²) in [6.45, 7) is 0. The highest BCUT2D eigenvalue weighted by Gasteiger charge is 2.10. The zero-order chi connectivity index (χ0) is 10.1. The maximum Gasteiger partial charge on any atom is 0.0864 e. The second-order valence-corrected chi connectivity index (χ2v) is 4.76. The highest BCUT2D eigenvalue weighted by Crippen LogP contribution is 2.19. The van der Waals surface area contributed by atoms with Crippen LogP contribution in [0.15, 0.2) is 4.99 Å². The predicted octanol–water partition coefficient (Wildman–Crippen LogP) is 2.07. The van der Waals surface area contributed by atoms with Gasteiger partial charge in [0.05, 0.1) is 12.1 Å². The molecule has 1 saturated carbocycles. The first-order valence-electron chi connectivity index (χ1n) is 4.53. The standard InChI is InChI=1S/C7H12N2.C2H6OS/c8-6-9-7-4-2-1-3-5-7;1-4(2)3/h7-8H,1-5H2;1-2H3. The molecule has 3 nitrogen and oxygen atoms in total. The number of rotatable bonds is 1. The van der Waals surface area contributed by atoms with E-state index in [0.717, 1.165) is 0 Å². The van der Waals surface area contributed by atoms with E-state index in [1.54, 1.807) is 12.5 Å². The van der Waals surface area contributed by atoms with Crippen molar-refractivity contribution >= 4 is 16.8 Å². The number of hydrogen-bond acceptors (Lipinski definition) is 3. The summed E-state index contributed by atoms with van der Waals surface area (Å²) in [7, 11) is -0.611. The summed E-state index contributed by atoms with van der Waals surface area (Å²) in [5.74, 6) is 0. The lowest BCUT2D eigenvalue weighted by Crippen LogP contribution is -2.08. The van der Waals surface area contributed by atoms with Crippen LogP contribution in [-0.2, 0) is 10.8 Å². The number of nitrogens with zero attached hydrogens (tertiary/aromatic N) is 1. The fourth-order valence-electron chi connectivity index (χ4n) is 1.30. The van der Waals surface area contributed by atoms with Crippen LogP contribution in [0, 0.1) is 5.41 Å². The Hall–Kier alpha value is -0.470. The van der Waals surface area contributed by atoms with E-state index < -0.39 is 10.8 Å². The van der Waals surface area contributed by atoms with E-state index in [0.29, 0.717) is 6.04 Å². The molecule has 0 aromatic heterocycles. The van der Waals surface area contributed by atoms with Gasteiger partial charge >= 0.3 is 0 Å². The smallest absolute Gasteiger partial charge is 0.0864 e. The Balaban J connectivity index is 0.000000310. The number of nitrogens with one attached hydrogen (secondary N) is 1. The van der Waals surface area contributed by atoms with E-state index in [1.807, 2.05) is 0 Å². The summed E-state index contributed by atoms with van der Waals surface area (Å²) < 4.78 is 9.56. The second-order valence-electron chi connectivity index (χ2n) is 3.27. The normalized spacial score (nSPS) is 17.2.